The maximum atomic E-state index is 14.7. The first kappa shape index (κ1) is 33.9. The molecule has 2 aromatic carbocycles. The van der Waals surface area contributed by atoms with Crippen molar-refractivity contribution in [2.45, 2.75) is 57.5 Å². The highest BCUT2D eigenvalue weighted by atomic mass is 19.4. The van der Waals surface area contributed by atoms with Crippen molar-refractivity contribution in [3.8, 4) is 0 Å². The lowest BCUT2D eigenvalue weighted by Crippen LogP contribution is -2.33. The van der Waals surface area contributed by atoms with Gasteiger partial charge in [-0.15, -0.1) is 0 Å². The molecule has 0 saturated carbocycles. The van der Waals surface area contributed by atoms with Crippen molar-refractivity contribution in [2.24, 2.45) is 5.92 Å². The van der Waals surface area contributed by atoms with Gasteiger partial charge in [0, 0.05) is 36.6 Å². The van der Waals surface area contributed by atoms with E-state index in [9.17, 15) is 48.7 Å². The molecule has 1 saturated heterocycles. The van der Waals surface area contributed by atoms with Crippen molar-refractivity contribution in [2.75, 3.05) is 18.0 Å². The fourth-order valence-electron chi connectivity index (χ4n) is 4.71. The summed E-state index contributed by atoms with van der Waals surface area (Å²) in [6.07, 6.45) is -12.5. The first-order valence-corrected chi connectivity index (χ1v) is 13.5. The van der Waals surface area contributed by atoms with E-state index in [1.807, 2.05) is 0 Å². The second-order valence-electron chi connectivity index (χ2n) is 10.5. The van der Waals surface area contributed by atoms with Crippen LogP contribution in [0.1, 0.15) is 59.3 Å². The van der Waals surface area contributed by atoms with Crippen LogP contribution in [0.25, 0.3) is 0 Å². The SMILES string of the molecule is CC(OC(=O)C1CCNCC1)c1cnc(N(Cc2cc(C(F)(F)F)cc(C(F)(F)F)c2)Cc2cc(C(F)(F)F)ccc2F)nc1. The zero-order valence-corrected chi connectivity index (χ0v) is 23.5. The molecule has 0 spiro atoms. The average Bonchev–Trinajstić information content (AvgIpc) is 2.96. The third kappa shape index (κ3) is 8.83. The molecule has 16 heteroatoms. The Kier molecular flexibility index (Phi) is 9.94. The lowest BCUT2D eigenvalue weighted by molar-refractivity contribution is -0.154. The van der Waals surface area contributed by atoms with Crippen LogP contribution < -0.4 is 10.2 Å². The minimum Gasteiger partial charge on any atom is -0.457 e. The second-order valence-corrected chi connectivity index (χ2v) is 10.5. The van der Waals surface area contributed by atoms with Gasteiger partial charge in [-0.05, 0) is 74.8 Å². The fourth-order valence-corrected chi connectivity index (χ4v) is 4.71. The van der Waals surface area contributed by atoms with Gasteiger partial charge in [0.15, 0.2) is 0 Å². The van der Waals surface area contributed by atoms with Gasteiger partial charge in [-0.1, -0.05) is 0 Å². The van der Waals surface area contributed by atoms with Gasteiger partial charge in [-0.3, -0.25) is 4.79 Å². The number of halogens is 10. The number of nitrogens with zero attached hydrogens (tertiary/aromatic N) is 3. The summed E-state index contributed by atoms with van der Waals surface area (Å²) in [7, 11) is 0. The number of hydrogen-bond donors (Lipinski definition) is 1. The third-order valence-electron chi connectivity index (χ3n) is 7.13. The highest BCUT2D eigenvalue weighted by molar-refractivity contribution is 5.72. The molecule has 0 aliphatic carbocycles. The van der Waals surface area contributed by atoms with Crippen LogP contribution in [0.4, 0.5) is 49.9 Å². The Bertz CT molecular complexity index is 1450. The van der Waals surface area contributed by atoms with Gasteiger partial charge in [0.2, 0.25) is 5.95 Å². The zero-order chi connectivity index (χ0) is 33.2. The van der Waals surface area contributed by atoms with Gasteiger partial charge in [-0.2, -0.15) is 39.5 Å². The molecule has 1 atom stereocenters. The monoisotopic (exact) mass is 652 g/mol. The number of carbonyl (C=O) groups is 1. The largest absolute Gasteiger partial charge is 0.457 e. The number of ether oxygens (including phenoxy) is 1. The van der Waals surface area contributed by atoms with Crippen LogP contribution in [0.5, 0.6) is 0 Å². The molecule has 2 heterocycles. The summed E-state index contributed by atoms with van der Waals surface area (Å²) in [6.45, 7) is 1.29. The van der Waals surface area contributed by atoms with Crippen LogP contribution in [0, 0.1) is 11.7 Å². The summed E-state index contributed by atoms with van der Waals surface area (Å²) in [5, 5.41) is 3.12. The molecule has 6 nitrogen and oxygen atoms in total. The topological polar surface area (TPSA) is 67.3 Å². The van der Waals surface area contributed by atoms with Crippen molar-refractivity contribution in [1.82, 2.24) is 15.3 Å². The Hall–Kier alpha value is -3.95. The summed E-state index contributed by atoms with van der Waals surface area (Å²) in [4.78, 5) is 21.6. The van der Waals surface area contributed by atoms with E-state index in [0.29, 0.717) is 56.3 Å². The summed E-state index contributed by atoms with van der Waals surface area (Å²) in [5.41, 5.74) is -5.27. The van der Waals surface area contributed by atoms with E-state index < -0.39 is 77.3 Å². The van der Waals surface area contributed by atoms with E-state index in [4.69, 9.17) is 4.74 Å². The van der Waals surface area contributed by atoms with E-state index in [1.54, 1.807) is 0 Å². The Morgan fingerprint density at radius 3 is 1.96 bits per heavy atom. The fraction of sp³-hybridized carbons (Fsp3) is 0.414. The number of aromatic nitrogens is 2. The maximum absolute atomic E-state index is 14.7. The lowest BCUT2D eigenvalue weighted by Gasteiger charge is -2.25. The number of rotatable bonds is 8. The summed E-state index contributed by atoms with van der Waals surface area (Å²) >= 11 is 0. The van der Waals surface area contributed by atoms with Gasteiger partial charge < -0.3 is 15.0 Å². The molecular formula is C29H26F10N4O2. The molecule has 1 aliphatic heterocycles. The molecule has 1 unspecified atom stereocenters. The van der Waals surface area contributed by atoms with Crippen molar-refractivity contribution in [3.63, 3.8) is 0 Å². The standard InChI is InChI=1S/C29H26F10N4O2/c1-16(45-25(44)18-4-6-40-7-5-18)20-12-41-26(42-13-20)43(15-19-10-21(27(31,32)33)2-3-24(19)30)14-17-8-22(28(34,35)36)11-23(9-17)29(37,38)39/h2-3,8-13,16,18,40H,4-7,14-15H2,1H3. The molecule has 1 aromatic heterocycles. The smallest absolute Gasteiger partial charge is 0.416 e. The van der Waals surface area contributed by atoms with Gasteiger partial charge >= 0.3 is 24.5 Å². The van der Waals surface area contributed by atoms with Crippen LogP contribution in [0.3, 0.4) is 0 Å². The summed E-state index contributed by atoms with van der Waals surface area (Å²) in [5.74, 6) is -2.22. The second kappa shape index (κ2) is 13.2. The summed E-state index contributed by atoms with van der Waals surface area (Å²) < 4.78 is 141. The minimum absolute atomic E-state index is 0.0713. The number of esters is 1. The van der Waals surface area contributed by atoms with Crippen LogP contribution >= 0.6 is 0 Å². The van der Waals surface area contributed by atoms with E-state index >= 15 is 0 Å². The van der Waals surface area contributed by atoms with Crippen molar-refractivity contribution < 1.29 is 53.4 Å². The van der Waals surface area contributed by atoms with E-state index in [-0.39, 0.29) is 23.5 Å². The Labute approximate surface area is 250 Å². The zero-order valence-electron chi connectivity index (χ0n) is 23.5. The Morgan fingerprint density at radius 2 is 1.42 bits per heavy atom. The number of alkyl halides is 9. The number of hydrogen-bond acceptors (Lipinski definition) is 6. The van der Waals surface area contributed by atoms with Crippen LogP contribution in [0.15, 0.2) is 48.8 Å². The highest BCUT2D eigenvalue weighted by Gasteiger charge is 2.37. The molecule has 0 radical (unpaired) electrons. The van der Waals surface area contributed by atoms with Gasteiger partial charge in [0.25, 0.3) is 0 Å². The lowest BCUT2D eigenvalue weighted by atomic mass is 9.98. The van der Waals surface area contributed by atoms with E-state index in [1.165, 1.54) is 19.3 Å². The molecule has 244 valence electrons. The molecule has 1 aliphatic rings. The molecular weight excluding hydrogens is 626 g/mol. The van der Waals surface area contributed by atoms with Crippen molar-refractivity contribution >= 4 is 11.9 Å². The van der Waals surface area contributed by atoms with Gasteiger partial charge in [0.1, 0.15) is 11.9 Å². The third-order valence-corrected chi connectivity index (χ3v) is 7.13. The number of anilines is 1. The molecule has 0 bridgehead atoms. The maximum Gasteiger partial charge on any atom is 0.416 e. The van der Waals surface area contributed by atoms with Gasteiger partial charge in [-0.25, -0.2) is 14.4 Å². The van der Waals surface area contributed by atoms with Crippen LogP contribution in [-0.4, -0.2) is 29.0 Å². The van der Waals surface area contributed by atoms with Crippen LogP contribution in [-0.2, 0) is 41.1 Å². The van der Waals surface area contributed by atoms with Crippen LogP contribution in [0.2, 0.25) is 0 Å². The molecule has 4 rings (SSSR count). The normalized spacial score (nSPS) is 15.5. The van der Waals surface area contributed by atoms with Gasteiger partial charge in [0.05, 0.1) is 22.6 Å². The minimum atomic E-state index is -5.16. The summed E-state index contributed by atoms with van der Waals surface area (Å²) in [6, 6.07) is 2.33. The quantitative estimate of drug-likeness (QED) is 0.201. The Morgan fingerprint density at radius 1 is 0.867 bits per heavy atom. The predicted molar refractivity (Wildman–Crippen MR) is 140 cm³/mol. The Balaban J connectivity index is 1.68. The van der Waals surface area contributed by atoms with Crippen molar-refractivity contribution in [1.29, 1.82) is 0 Å². The van der Waals surface area contributed by atoms with E-state index in [0.717, 1.165) is 4.90 Å². The molecule has 1 fully saturated rings. The van der Waals surface area contributed by atoms with E-state index in [2.05, 4.69) is 15.3 Å². The molecule has 0 amide bonds. The molecule has 1 N–H and O–H groups in total. The highest BCUT2D eigenvalue weighted by Crippen LogP contribution is 2.37. The predicted octanol–water partition coefficient (Wildman–Crippen LogP) is 7.48. The molecule has 3 aromatic rings. The first-order chi connectivity index (χ1) is 20.9. The molecule has 45 heavy (non-hydrogen) atoms. The number of carbonyl (C=O) groups excluding carboxylic acids is 1. The average molecular weight is 653 g/mol. The number of benzene rings is 2. The first-order valence-electron chi connectivity index (χ1n) is 13.5. The van der Waals surface area contributed by atoms with Crippen molar-refractivity contribution in [3.05, 3.63) is 88.0 Å². The number of nitrogens with one attached hydrogen (secondary N) is 1. The number of piperidine rings is 1.